The highest BCUT2D eigenvalue weighted by Gasteiger charge is 2.13. The Morgan fingerprint density at radius 3 is 2.68 bits per heavy atom. The molecule has 0 fully saturated rings. The molecule has 1 aromatic rings. The van der Waals surface area contributed by atoms with Gasteiger partial charge in [-0.15, -0.1) is 0 Å². The van der Waals surface area contributed by atoms with Gasteiger partial charge in [0, 0.05) is 18.8 Å². The van der Waals surface area contributed by atoms with Crippen LogP contribution in [-0.4, -0.2) is 35.7 Å². The molecule has 0 saturated heterocycles. The van der Waals surface area contributed by atoms with Crippen LogP contribution >= 0.6 is 0 Å². The quantitative estimate of drug-likeness (QED) is 0.830. The van der Waals surface area contributed by atoms with Gasteiger partial charge in [0.2, 0.25) is 0 Å². The molecule has 0 heterocycles. The van der Waals surface area contributed by atoms with E-state index >= 15 is 0 Å². The van der Waals surface area contributed by atoms with Gasteiger partial charge in [0.05, 0.1) is 6.61 Å². The van der Waals surface area contributed by atoms with Gasteiger partial charge >= 0.3 is 6.03 Å². The van der Waals surface area contributed by atoms with Crippen LogP contribution in [0.1, 0.15) is 30.9 Å². The molecule has 1 aromatic carbocycles. The molecule has 0 unspecified atom stereocenters. The van der Waals surface area contributed by atoms with Crippen molar-refractivity contribution in [3.63, 3.8) is 0 Å². The first kappa shape index (κ1) is 15.5. The third kappa shape index (κ3) is 4.91. The van der Waals surface area contributed by atoms with E-state index in [9.17, 15) is 4.79 Å². The number of carbonyl (C=O) groups excluding carboxylic acids is 1. The van der Waals surface area contributed by atoms with Crippen LogP contribution in [0, 0.1) is 13.8 Å². The summed E-state index contributed by atoms with van der Waals surface area (Å²) in [6.45, 7) is 7.09. The molecule has 0 aliphatic heterocycles. The Bertz CT molecular complexity index is 419. The molecular formula is C15H24N2O2. The summed E-state index contributed by atoms with van der Waals surface area (Å²) in [5.74, 6) is 0. The first-order valence-electron chi connectivity index (χ1n) is 6.82. The summed E-state index contributed by atoms with van der Waals surface area (Å²) in [5, 5.41) is 11.9. The SMILES string of the molecule is CCCCN(CCO)C(=O)Nc1cc(C)ccc1C. The number of aliphatic hydroxyl groups excluding tert-OH is 1. The van der Waals surface area contributed by atoms with Gasteiger partial charge < -0.3 is 15.3 Å². The minimum atomic E-state index is -0.142. The number of hydrogen-bond acceptors (Lipinski definition) is 2. The smallest absolute Gasteiger partial charge is 0.321 e. The number of aryl methyl sites for hydroxylation is 2. The molecule has 0 radical (unpaired) electrons. The first-order chi connectivity index (χ1) is 9.08. The summed E-state index contributed by atoms with van der Waals surface area (Å²) in [7, 11) is 0. The number of benzene rings is 1. The molecule has 0 aliphatic carbocycles. The number of anilines is 1. The normalized spacial score (nSPS) is 10.3. The fraction of sp³-hybridized carbons (Fsp3) is 0.533. The summed E-state index contributed by atoms with van der Waals surface area (Å²) < 4.78 is 0. The highest BCUT2D eigenvalue weighted by Crippen LogP contribution is 2.17. The maximum Gasteiger partial charge on any atom is 0.321 e. The second-order valence-electron chi connectivity index (χ2n) is 4.81. The highest BCUT2D eigenvalue weighted by atomic mass is 16.3. The maximum absolute atomic E-state index is 12.2. The van der Waals surface area contributed by atoms with E-state index < -0.39 is 0 Å². The summed E-state index contributed by atoms with van der Waals surface area (Å²) in [4.78, 5) is 13.8. The van der Waals surface area contributed by atoms with E-state index in [1.54, 1.807) is 4.90 Å². The topological polar surface area (TPSA) is 52.6 Å². The van der Waals surface area contributed by atoms with E-state index in [-0.39, 0.29) is 12.6 Å². The molecule has 2 N–H and O–H groups in total. The number of rotatable bonds is 6. The van der Waals surface area contributed by atoms with Gasteiger partial charge in [-0.05, 0) is 37.5 Å². The Labute approximate surface area is 115 Å². The molecule has 2 amide bonds. The van der Waals surface area contributed by atoms with Crippen molar-refractivity contribution in [2.24, 2.45) is 0 Å². The predicted molar refractivity (Wildman–Crippen MR) is 78.5 cm³/mol. The second kappa shape index (κ2) is 7.79. The number of amides is 2. The average molecular weight is 264 g/mol. The van der Waals surface area contributed by atoms with Crippen LogP contribution in [0.4, 0.5) is 10.5 Å². The van der Waals surface area contributed by atoms with E-state index in [2.05, 4.69) is 12.2 Å². The molecule has 19 heavy (non-hydrogen) atoms. The molecule has 1 rings (SSSR count). The number of hydrogen-bond donors (Lipinski definition) is 2. The Kier molecular flexibility index (Phi) is 6.36. The summed E-state index contributed by atoms with van der Waals surface area (Å²) >= 11 is 0. The van der Waals surface area contributed by atoms with Crippen molar-refractivity contribution in [3.05, 3.63) is 29.3 Å². The Morgan fingerprint density at radius 2 is 2.05 bits per heavy atom. The number of unbranched alkanes of at least 4 members (excludes halogenated alkanes) is 1. The summed E-state index contributed by atoms with van der Waals surface area (Å²) in [6, 6.07) is 5.83. The van der Waals surface area contributed by atoms with Crippen LogP contribution in [0.5, 0.6) is 0 Å². The van der Waals surface area contributed by atoms with Crippen molar-refractivity contribution >= 4 is 11.7 Å². The number of nitrogens with one attached hydrogen (secondary N) is 1. The van der Waals surface area contributed by atoms with E-state index in [0.717, 1.165) is 29.7 Å². The van der Waals surface area contributed by atoms with E-state index in [4.69, 9.17) is 5.11 Å². The fourth-order valence-corrected chi connectivity index (χ4v) is 1.85. The lowest BCUT2D eigenvalue weighted by Gasteiger charge is -2.22. The third-order valence-corrected chi connectivity index (χ3v) is 3.07. The maximum atomic E-state index is 12.2. The lowest BCUT2D eigenvalue weighted by molar-refractivity contribution is 0.187. The van der Waals surface area contributed by atoms with Crippen LogP contribution < -0.4 is 5.32 Å². The van der Waals surface area contributed by atoms with E-state index in [1.165, 1.54) is 0 Å². The van der Waals surface area contributed by atoms with Gasteiger partial charge in [-0.2, -0.15) is 0 Å². The number of aliphatic hydroxyl groups is 1. The van der Waals surface area contributed by atoms with Gasteiger partial charge in [0.25, 0.3) is 0 Å². The van der Waals surface area contributed by atoms with E-state index in [0.29, 0.717) is 13.1 Å². The second-order valence-corrected chi connectivity index (χ2v) is 4.81. The minimum Gasteiger partial charge on any atom is -0.395 e. The Hall–Kier alpha value is -1.55. The Morgan fingerprint density at radius 1 is 1.32 bits per heavy atom. The molecule has 106 valence electrons. The molecule has 0 aromatic heterocycles. The predicted octanol–water partition coefficient (Wildman–Crippen LogP) is 2.93. The van der Waals surface area contributed by atoms with Crippen molar-refractivity contribution < 1.29 is 9.90 Å². The monoisotopic (exact) mass is 264 g/mol. The zero-order chi connectivity index (χ0) is 14.3. The van der Waals surface area contributed by atoms with Crippen LogP contribution in [0.25, 0.3) is 0 Å². The van der Waals surface area contributed by atoms with Crippen LogP contribution in [-0.2, 0) is 0 Å². The van der Waals surface area contributed by atoms with Gasteiger partial charge in [0.1, 0.15) is 0 Å². The largest absolute Gasteiger partial charge is 0.395 e. The van der Waals surface area contributed by atoms with Gasteiger partial charge in [0.15, 0.2) is 0 Å². The van der Waals surface area contributed by atoms with Crippen LogP contribution in [0.15, 0.2) is 18.2 Å². The Balaban J connectivity index is 2.71. The van der Waals surface area contributed by atoms with Crippen molar-refractivity contribution in [1.82, 2.24) is 4.90 Å². The highest BCUT2D eigenvalue weighted by molar-refractivity contribution is 5.90. The molecule has 4 nitrogen and oxygen atoms in total. The third-order valence-electron chi connectivity index (χ3n) is 3.07. The van der Waals surface area contributed by atoms with Gasteiger partial charge in [-0.25, -0.2) is 4.79 Å². The van der Waals surface area contributed by atoms with Gasteiger partial charge in [-0.1, -0.05) is 25.5 Å². The molecule has 0 atom stereocenters. The molecule has 0 saturated carbocycles. The molecule has 0 bridgehead atoms. The standard InChI is InChI=1S/C15H24N2O2/c1-4-5-8-17(9-10-18)15(19)16-14-11-12(2)6-7-13(14)3/h6-7,11,18H,4-5,8-10H2,1-3H3,(H,16,19). The van der Waals surface area contributed by atoms with Gasteiger partial charge in [-0.3, -0.25) is 0 Å². The molecule has 0 spiro atoms. The fourth-order valence-electron chi connectivity index (χ4n) is 1.85. The van der Waals surface area contributed by atoms with Crippen molar-refractivity contribution in [1.29, 1.82) is 0 Å². The number of carbonyl (C=O) groups is 1. The van der Waals surface area contributed by atoms with Crippen molar-refractivity contribution in [2.45, 2.75) is 33.6 Å². The first-order valence-corrected chi connectivity index (χ1v) is 6.82. The molecule has 4 heteroatoms. The average Bonchev–Trinajstić information content (AvgIpc) is 2.38. The number of urea groups is 1. The zero-order valence-corrected chi connectivity index (χ0v) is 12.1. The number of nitrogens with zero attached hydrogens (tertiary/aromatic N) is 1. The van der Waals surface area contributed by atoms with E-state index in [1.807, 2.05) is 32.0 Å². The van der Waals surface area contributed by atoms with Crippen LogP contribution in [0.3, 0.4) is 0 Å². The van der Waals surface area contributed by atoms with Crippen molar-refractivity contribution in [3.8, 4) is 0 Å². The lowest BCUT2D eigenvalue weighted by Crippen LogP contribution is -2.37. The van der Waals surface area contributed by atoms with Crippen molar-refractivity contribution in [2.75, 3.05) is 25.0 Å². The summed E-state index contributed by atoms with van der Waals surface area (Å²) in [6.07, 6.45) is 1.97. The zero-order valence-electron chi connectivity index (χ0n) is 12.1. The molecular weight excluding hydrogens is 240 g/mol. The molecule has 0 aliphatic rings. The summed E-state index contributed by atoms with van der Waals surface area (Å²) in [5.41, 5.74) is 2.99. The lowest BCUT2D eigenvalue weighted by atomic mass is 10.1. The minimum absolute atomic E-state index is 0.00999. The van der Waals surface area contributed by atoms with Crippen LogP contribution in [0.2, 0.25) is 0 Å².